The van der Waals surface area contributed by atoms with Crippen LogP contribution in [0.15, 0.2) is 0 Å². The highest BCUT2D eigenvalue weighted by Crippen LogP contribution is 2.68. The lowest BCUT2D eigenvalue weighted by Gasteiger charge is -2.61. The normalized spacial score (nSPS) is 40.5. The van der Waals surface area contributed by atoms with Gasteiger partial charge in [0.25, 0.3) is 0 Å². The summed E-state index contributed by atoms with van der Waals surface area (Å²) in [7, 11) is 4.27. The number of hydrogen-bond donors (Lipinski definition) is 1. The van der Waals surface area contributed by atoms with Gasteiger partial charge in [-0.25, -0.2) is 0 Å². The maximum absolute atomic E-state index is 12.6. The molecule has 3 heteroatoms. The lowest BCUT2D eigenvalue weighted by molar-refractivity contribution is -0.122. The summed E-state index contributed by atoms with van der Waals surface area (Å²) in [5.41, 5.74) is 1.17. The van der Waals surface area contributed by atoms with E-state index in [4.69, 9.17) is 0 Å². The minimum absolute atomic E-state index is 0.281. The van der Waals surface area contributed by atoms with E-state index in [1.807, 2.05) is 0 Å². The Morgan fingerprint density at radius 2 is 1.66 bits per heavy atom. The van der Waals surface area contributed by atoms with Gasteiger partial charge in [0, 0.05) is 13.0 Å². The minimum Gasteiger partial charge on any atom is -0.356 e. The molecule has 202 valence electrons. The van der Waals surface area contributed by atoms with E-state index >= 15 is 0 Å². The van der Waals surface area contributed by atoms with E-state index in [-0.39, 0.29) is 5.91 Å². The lowest BCUT2D eigenvalue weighted by Crippen LogP contribution is -2.53. The highest BCUT2D eigenvalue weighted by Gasteiger charge is 2.60. The van der Waals surface area contributed by atoms with Crippen molar-refractivity contribution in [3.8, 4) is 0 Å². The Labute approximate surface area is 218 Å². The summed E-state index contributed by atoms with van der Waals surface area (Å²) in [5, 5.41) is 3.23. The number of nitrogens with zero attached hydrogens (tertiary/aromatic N) is 1. The van der Waals surface area contributed by atoms with Crippen LogP contribution in [0.1, 0.15) is 118 Å². The lowest BCUT2D eigenvalue weighted by atomic mass is 9.44. The number of fused-ring (bicyclic) bond motifs is 5. The first-order valence-electron chi connectivity index (χ1n) is 15.6. The van der Waals surface area contributed by atoms with Gasteiger partial charge in [-0.2, -0.15) is 0 Å². The van der Waals surface area contributed by atoms with Crippen molar-refractivity contribution in [3.63, 3.8) is 0 Å². The second kappa shape index (κ2) is 11.4. The Morgan fingerprint density at radius 3 is 2.43 bits per heavy atom. The van der Waals surface area contributed by atoms with Crippen LogP contribution in [0.5, 0.6) is 0 Å². The molecule has 4 saturated carbocycles. The van der Waals surface area contributed by atoms with Crippen LogP contribution >= 0.6 is 0 Å². The van der Waals surface area contributed by atoms with Crippen LogP contribution in [0, 0.1) is 52.3 Å². The maximum atomic E-state index is 12.6. The third-order valence-corrected chi connectivity index (χ3v) is 12.2. The van der Waals surface area contributed by atoms with Gasteiger partial charge in [-0.1, -0.05) is 40.5 Å². The number of nitrogens with one attached hydrogen (secondary N) is 1. The fraction of sp³-hybridized carbons (Fsp3) is 0.969. The molecule has 0 aliphatic heterocycles. The molecule has 35 heavy (non-hydrogen) atoms. The summed E-state index contributed by atoms with van der Waals surface area (Å²) in [6.45, 7) is 12.1. The topological polar surface area (TPSA) is 32.3 Å². The summed E-state index contributed by atoms with van der Waals surface area (Å²) in [5.74, 6) is 6.41. The summed E-state index contributed by atoms with van der Waals surface area (Å²) >= 11 is 0. The fourth-order valence-corrected chi connectivity index (χ4v) is 10.00. The van der Waals surface area contributed by atoms with Crippen LogP contribution in [-0.2, 0) is 4.79 Å². The zero-order chi connectivity index (χ0) is 25.2. The molecule has 0 radical (unpaired) electrons. The van der Waals surface area contributed by atoms with E-state index in [1.165, 1.54) is 70.6 Å². The zero-order valence-electron chi connectivity index (χ0n) is 24.2. The molecule has 9 atom stereocenters. The van der Waals surface area contributed by atoms with Gasteiger partial charge in [-0.3, -0.25) is 4.79 Å². The van der Waals surface area contributed by atoms with Crippen molar-refractivity contribution in [2.45, 2.75) is 118 Å². The van der Waals surface area contributed by atoms with Gasteiger partial charge in [0.05, 0.1) is 0 Å². The van der Waals surface area contributed by atoms with Crippen molar-refractivity contribution in [3.05, 3.63) is 0 Å². The fourth-order valence-electron chi connectivity index (χ4n) is 10.00. The monoisotopic (exact) mass is 486 g/mol. The summed E-state index contributed by atoms with van der Waals surface area (Å²) in [4.78, 5) is 14.9. The predicted molar refractivity (Wildman–Crippen MR) is 148 cm³/mol. The SMILES string of the molecule is CC(CCNC(=O)CC[C@@H](C)[C@H]1CCC2C3CCC4CCCC[C@]4(C)C3CC[C@@]21C)CCN(C)C. The summed E-state index contributed by atoms with van der Waals surface area (Å²) < 4.78 is 0. The van der Waals surface area contributed by atoms with E-state index in [9.17, 15) is 4.79 Å². The molecule has 0 aromatic carbocycles. The molecule has 4 fully saturated rings. The van der Waals surface area contributed by atoms with E-state index in [0.29, 0.717) is 22.7 Å². The van der Waals surface area contributed by atoms with Crippen molar-refractivity contribution >= 4 is 5.91 Å². The Kier molecular flexibility index (Phi) is 8.98. The summed E-state index contributed by atoms with van der Waals surface area (Å²) in [6.07, 6.45) is 18.9. The van der Waals surface area contributed by atoms with Gasteiger partial charge in [0.15, 0.2) is 0 Å². The molecule has 0 aromatic rings. The quantitative estimate of drug-likeness (QED) is 0.346. The van der Waals surface area contributed by atoms with E-state index in [1.54, 1.807) is 0 Å². The van der Waals surface area contributed by atoms with E-state index < -0.39 is 0 Å². The highest BCUT2D eigenvalue weighted by molar-refractivity contribution is 5.75. The van der Waals surface area contributed by atoms with E-state index in [0.717, 1.165) is 61.9 Å². The number of carbonyl (C=O) groups excluding carboxylic acids is 1. The maximum Gasteiger partial charge on any atom is 0.220 e. The first kappa shape index (κ1) is 27.5. The standard InChI is InChI=1S/C32H58N2O/c1-23(18-22-34(5)6)17-21-33-30(35)15-10-24(2)27-13-14-28-26-12-11-25-9-7-8-19-31(25,3)29(26)16-20-32(27,28)4/h23-29H,7-22H2,1-6H3,(H,33,35)/t23?,24-,25?,26?,27-,28?,29?,31+,32-/m1/s1. The average Bonchev–Trinajstić information content (AvgIpc) is 3.18. The number of hydrogen-bond acceptors (Lipinski definition) is 2. The molecule has 1 N–H and O–H groups in total. The first-order valence-corrected chi connectivity index (χ1v) is 15.6. The molecule has 4 aliphatic carbocycles. The zero-order valence-corrected chi connectivity index (χ0v) is 24.2. The van der Waals surface area contributed by atoms with Crippen molar-refractivity contribution in [1.82, 2.24) is 10.2 Å². The van der Waals surface area contributed by atoms with Crippen LogP contribution in [0.3, 0.4) is 0 Å². The second-order valence-electron chi connectivity index (χ2n) is 14.5. The molecule has 4 rings (SSSR count). The Balaban J connectivity index is 1.25. The highest BCUT2D eigenvalue weighted by atomic mass is 16.1. The number of rotatable bonds is 10. The number of carbonyl (C=O) groups is 1. The van der Waals surface area contributed by atoms with Gasteiger partial charge in [-0.05, 0) is 144 Å². The second-order valence-corrected chi connectivity index (χ2v) is 14.5. The summed E-state index contributed by atoms with van der Waals surface area (Å²) in [6, 6.07) is 0. The third-order valence-electron chi connectivity index (χ3n) is 12.2. The molecule has 4 aliphatic rings. The van der Waals surface area contributed by atoms with Gasteiger partial charge >= 0.3 is 0 Å². The van der Waals surface area contributed by atoms with E-state index in [2.05, 4.69) is 52.0 Å². The third kappa shape index (κ3) is 5.80. The van der Waals surface area contributed by atoms with Gasteiger partial charge < -0.3 is 10.2 Å². The molecule has 0 heterocycles. The largest absolute Gasteiger partial charge is 0.356 e. The average molecular weight is 487 g/mol. The Morgan fingerprint density at radius 1 is 0.886 bits per heavy atom. The van der Waals surface area contributed by atoms with Crippen molar-refractivity contribution in [1.29, 1.82) is 0 Å². The Bertz CT molecular complexity index is 706. The molecule has 0 bridgehead atoms. The number of amides is 1. The smallest absolute Gasteiger partial charge is 0.220 e. The van der Waals surface area contributed by atoms with Crippen LogP contribution < -0.4 is 5.32 Å². The van der Waals surface area contributed by atoms with Crippen molar-refractivity contribution in [2.75, 3.05) is 27.2 Å². The van der Waals surface area contributed by atoms with Crippen LogP contribution in [-0.4, -0.2) is 38.0 Å². The van der Waals surface area contributed by atoms with Crippen LogP contribution in [0.25, 0.3) is 0 Å². The van der Waals surface area contributed by atoms with Crippen LogP contribution in [0.4, 0.5) is 0 Å². The van der Waals surface area contributed by atoms with Crippen molar-refractivity contribution < 1.29 is 4.79 Å². The molecule has 0 aromatic heterocycles. The molecule has 5 unspecified atom stereocenters. The Hall–Kier alpha value is -0.570. The molecular weight excluding hydrogens is 428 g/mol. The van der Waals surface area contributed by atoms with Gasteiger partial charge in [0.1, 0.15) is 0 Å². The molecule has 1 amide bonds. The van der Waals surface area contributed by atoms with Gasteiger partial charge in [-0.15, -0.1) is 0 Å². The molecular formula is C32H58N2O. The molecule has 3 nitrogen and oxygen atoms in total. The molecule has 0 spiro atoms. The molecule has 0 saturated heterocycles. The van der Waals surface area contributed by atoms with Crippen LogP contribution in [0.2, 0.25) is 0 Å². The predicted octanol–water partition coefficient (Wildman–Crippen LogP) is 7.55. The van der Waals surface area contributed by atoms with Crippen molar-refractivity contribution in [2.24, 2.45) is 52.3 Å². The first-order chi connectivity index (χ1) is 16.6. The minimum atomic E-state index is 0.281. The van der Waals surface area contributed by atoms with Gasteiger partial charge in [0.2, 0.25) is 5.91 Å².